The van der Waals surface area contributed by atoms with Gasteiger partial charge in [0, 0.05) is 25.3 Å². The smallest absolute Gasteiger partial charge is 0.224 e. The van der Waals surface area contributed by atoms with Gasteiger partial charge in [0.15, 0.2) is 0 Å². The number of para-hydroxylation sites is 1. The number of rotatable bonds is 3. The molecule has 1 amide bonds. The average Bonchev–Trinajstić information content (AvgIpc) is 2.39. The van der Waals surface area contributed by atoms with Crippen LogP contribution in [0.25, 0.3) is 0 Å². The summed E-state index contributed by atoms with van der Waals surface area (Å²) in [5.41, 5.74) is 2.15. The zero-order valence-electron chi connectivity index (χ0n) is 12.7. The first kappa shape index (κ1) is 15.0. The van der Waals surface area contributed by atoms with Gasteiger partial charge < -0.3 is 10.1 Å². The second-order valence-corrected chi connectivity index (χ2v) is 6.60. The van der Waals surface area contributed by atoms with Gasteiger partial charge in [-0.1, -0.05) is 39.0 Å². The lowest BCUT2D eigenvalue weighted by Gasteiger charge is -2.24. The molecule has 110 valence electrons. The van der Waals surface area contributed by atoms with E-state index in [0.717, 1.165) is 31.7 Å². The number of carbonyl (C=O) groups excluding carboxylic acids is 1. The molecule has 3 nitrogen and oxygen atoms in total. The van der Waals surface area contributed by atoms with Crippen molar-refractivity contribution in [3.05, 3.63) is 29.8 Å². The molecule has 1 fully saturated rings. The molecule has 0 bridgehead atoms. The summed E-state index contributed by atoms with van der Waals surface area (Å²) in [7, 11) is 0. The van der Waals surface area contributed by atoms with Crippen LogP contribution < -0.4 is 5.32 Å². The molecule has 0 spiro atoms. The van der Waals surface area contributed by atoms with Crippen LogP contribution in [0.5, 0.6) is 0 Å². The lowest BCUT2D eigenvalue weighted by molar-refractivity contribution is -0.117. The van der Waals surface area contributed by atoms with Crippen LogP contribution in [0.1, 0.15) is 45.6 Å². The molecule has 1 saturated heterocycles. The van der Waals surface area contributed by atoms with Crippen LogP contribution in [0.4, 0.5) is 5.69 Å². The lowest BCUT2D eigenvalue weighted by Crippen LogP contribution is -2.23. The van der Waals surface area contributed by atoms with Gasteiger partial charge >= 0.3 is 0 Å². The number of amides is 1. The second kappa shape index (κ2) is 6.40. The number of ether oxygens (including phenoxy) is 1. The van der Waals surface area contributed by atoms with Crippen molar-refractivity contribution in [1.29, 1.82) is 0 Å². The van der Waals surface area contributed by atoms with Gasteiger partial charge in [0.25, 0.3) is 0 Å². The molecule has 0 aromatic heterocycles. The van der Waals surface area contributed by atoms with Gasteiger partial charge in [0.2, 0.25) is 5.91 Å². The van der Waals surface area contributed by atoms with E-state index in [2.05, 4.69) is 32.2 Å². The summed E-state index contributed by atoms with van der Waals surface area (Å²) >= 11 is 0. The summed E-state index contributed by atoms with van der Waals surface area (Å²) in [4.78, 5) is 12.2. The molecular formula is C17H25NO2. The zero-order valence-corrected chi connectivity index (χ0v) is 12.7. The van der Waals surface area contributed by atoms with Crippen LogP contribution in [0, 0.1) is 5.92 Å². The van der Waals surface area contributed by atoms with Gasteiger partial charge in [-0.3, -0.25) is 4.79 Å². The number of anilines is 1. The van der Waals surface area contributed by atoms with E-state index in [9.17, 15) is 4.79 Å². The summed E-state index contributed by atoms with van der Waals surface area (Å²) < 4.78 is 5.33. The van der Waals surface area contributed by atoms with Gasteiger partial charge in [-0.15, -0.1) is 0 Å². The Morgan fingerprint density at radius 1 is 1.25 bits per heavy atom. The monoisotopic (exact) mass is 275 g/mol. The van der Waals surface area contributed by atoms with Crippen molar-refractivity contribution in [2.24, 2.45) is 5.92 Å². The number of nitrogens with one attached hydrogen (secondary N) is 1. The molecule has 1 N–H and O–H groups in total. The van der Waals surface area contributed by atoms with Crippen molar-refractivity contribution >= 4 is 11.6 Å². The predicted molar refractivity (Wildman–Crippen MR) is 81.9 cm³/mol. The second-order valence-electron chi connectivity index (χ2n) is 6.60. The summed E-state index contributed by atoms with van der Waals surface area (Å²) in [5.74, 6) is 0.583. The molecule has 0 unspecified atom stereocenters. The van der Waals surface area contributed by atoms with E-state index < -0.39 is 0 Å². The molecule has 20 heavy (non-hydrogen) atoms. The Morgan fingerprint density at radius 2 is 1.90 bits per heavy atom. The van der Waals surface area contributed by atoms with Gasteiger partial charge in [0.05, 0.1) is 0 Å². The highest BCUT2D eigenvalue weighted by Gasteiger charge is 2.21. The minimum absolute atomic E-state index is 0.0303. The van der Waals surface area contributed by atoms with E-state index in [1.807, 2.05) is 18.2 Å². The first-order valence-electron chi connectivity index (χ1n) is 7.44. The van der Waals surface area contributed by atoms with Crippen molar-refractivity contribution in [1.82, 2.24) is 0 Å². The fourth-order valence-electron chi connectivity index (χ4n) is 2.66. The molecular weight excluding hydrogens is 250 g/mol. The Bertz CT molecular complexity index is 456. The maximum atomic E-state index is 12.2. The van der Waals surface area contributed by atoms with Crippen LogP contribution in [0.3, 0.4) is 0 Å². The van der Waals surface area contributed by atoms with Gasteiger partial charge in [-0.25, -0.2) is 0 Å². The maximum Gasteiger partial charge on any atom is 0.224 e. The molecule has 0 aliphatic carbocycles. The Labute approximate surface area is 121 Å². The summed E-state index contributed by atoms with van der Waals surface area (Å²) in [5, 5.41) is 3.08. The minimum Gasteiger partial charge on any atom is -0.381 e. The summed E-state index contributed by atoms with van der Waals surface area (Å²) in [6.45, 7) is 8.07. The largest absolute Gasteiger partial charge is 0.381 e. The maximum absolute atomic E-state index is 12.2. The zero-order chi connectivity index (χ0) is 14.6. The van der Waals surface area contributed by atoms with E-state index in [0.29, 0.717) is 12.3 Å². The first-order valence-corrected chi connectivity index (χ1v) is 7.44. The molecule has 1 aliphatic heterocycles. The van der Waals surface area contributed by atoms with Gasteiger partial charge in [-0.2, -0.15) is 0 Å². The Balaban J connectivity index is 2.00. The fraction of sp³-hybridized carbons (Fsp3) is 0.588. The Morgan fingerprint density at radius 3 is 2.55 bits per heavy atom. The highest BCUT2D eigenvalue weighted by Crippen LogP contribution is 2.29. The average molecular weight is 275 g/mol. The summed E-state index contributed by atoms with van der Waals surface area (Å²) in [6, 6.07) is 8.07. The van der Waals surface area contributed by atoms with Gasteiger partial charge in [0.1, 0.15) is 0 Å². The normalized spacial score (nSPS) is 16.9. The van der Waals surface area contributed by atoms with Crippen molar-refractivity contribution in [3.63, 3.8) is 0 Å². The van der Waals surface area contributed by atoms with E-state index in [1.165, 1.54) is 5.56 Å². The predicted octanol–water partition coefficient (Wildman–Crippen LogP) is 3.74. The quantitative estimate of drug-likeness (QED) is 0.912. The van der Waals surface area contributed by atoms with Gasteiger partial charge in [-0.05, 0) is 35.8 Å². The third-order valence-corrected chi connectivity index (χ3v) is 3.82. The Kier molecular flexibility index (Phi) is 4.81. The van der Waals surface area contributed by atoms with E-state index in [-0.39, 0.29) is 11.3 Å². The molecule has 0 radical (unpaired) electrons. The molecule has 1 aromatic carbocycles. The van der Waals surface area contributed by atoms with Crippen molar-refractivity contribution in [2.45, 2.75) is 45.4 Å². The number of carbonyl (C=O) groups is 1. The molecule has 1 heterocycles. The minimum atomic E-state index is 0.0303. The molecule has 1 aromatic rings. The molecule has 0 atom stereocenters. The van der Waals surface area contributed by atoms with Crippen LogP contribution in [0.15, 0.2) is 24.3 Å². The SMILES string of the molecule is CC(C)(C)c1ccccc1NC(=O)CC1CCOCC1. The standard InChI is InChI=1S/C17H25NO2/c1-17(2,3)14-6-4-5-7-15(14)18-16(19)12-13-8-10-20-11-9-13/h4-7,13H,8-12H2,1-3H3,(H,18,19). The van der Waals surface area contributed by atoms with Crippen LogP contribution in [-0.4, -0.2) is 19.1 Å². The third kappa shape index (κ3) is 4.07. The number of hydrogen-bond acceptors (Lipinski definition) is 2. The first-order chi connectivity index (χ1) is 9.47. The number of hydrogen-bond donors (Lipinski definition) is 1. The van der Waals surface area contributed by atoms with Crippen molar-refractivity contribution in [3.8, 4) is 0 Å². The topological polar surface area (TPSA) is 38.3 Å². The molecule has 1 aliphatic rings. The highest BCUT2D eigenvalue weighted by atomic mass is 16.5. The van der Waals surface area contributed by atoms with E-state index >= 15 is 0 Å². The fourth-order valence-corrected chi connectivity index (χ4v) is 2.66. The summed E-state index contributed by atoms with van der Waals surface area (Å²) in [6.07, 6.45) is 2.59. The molecule has 0 saturated carbocycles. The van der Waals surface area contributed by atoms with Crippen molar-refractivity contribution in [2.75, 3.05) is 18.5 Å². The Hall–Kier alpha value is -1.35. The van der Waals surface area contributed by atoms with Crippen molar-refractivity contribution < 1.29 is 9.53 Å². The van der Waals surface area contributed by atoms with Crippen LogP contribution in [-0.2, 0) is 14.9 Å². The molecule has 3 heteroatoms. The lowest BCUT2D eigenvalue weighted by atomic mass is 9.85. The highest BCUT2D eigenvalue weighted by molar-refractivity contribution is 5.91. The van der Waals surface area contributed by atoms with E-state index in [1.54, 1.807) is 0 Å². The molecule has 2 rings (SSSR count). The van der Waals surface area contributed by atoms with E-state index in [4.69, 9.17) is 4.74 Å². The van der Waals surface area contributed by atoms with Crippen LogP contribution in [0.2, 0.25) is 0 Å². The number of benzene rings is 1. The van der Waals surface area contributed by atoms with Crippen LogP contribution >= 0.6 is 0 Å². The third-order valence-electron chi connectivity index (χ3n) is 3.82.